The molecule has 0 heterocycles. The SMILES string of the molecule is CC(=O)[O-].CCCCCCC[P+](CCCCCCC)(CCCCCCC)CCCCCCC. The number of unbranched alkanes of at least 4 members (excludes halogenated alkanes) is 16. The molecule has 3 heteroatoms. The van der Waals surface area contributed by atoms with Crippen molar-refractivity contribution >= 4 is 13.2 Å². The summed E-state index contributed by atoms with van der Waals surface area (Å²) < 4.78 is 0. The van der Waals surface area contributed by atoms with E-state index in [0.29, 0.717) is 0 Å². The molecule has 0 aromatic carbocycles. The number of carbonyl (C=O) groups excluding carboxylic acids is 1. The molecule has 200 valence electrons. The average molecular weight is 487 g/mol. The Morgan fingerprint density at radius 3 is 0.818 bits per heavy atom. The van der Waals surface area contributed by atoms with Crippen LogP contribution in [0.15, 0.2) is 0 Å². The van der Waals surface area contributed by atoms with Gasteiger partial charge in [0.1, 0.15) is 0 Å². The van der Waals surface area contributed by atoms with Gasteiger partial charge in [0.2, 0.25) is 0 Å². The smallest absolute Gasteiger partial charge is 0.0594 e. The van der Waals surface area contributed by atoms with E-state index in [1.54, 1.807) is 50.3 Å². The Bertz CT molecular complexity index is 318. The van der Waals surface area contributed by atoms with Crippen molar-refractivity contribution in [3.63, 3.8) is 0 Å². The van der Waals surface area contributed by atoms with Crippen LogP contribution in [0.3, 0.4) is 0 Å². The second kappa shape index (κ2) is 28.1. The molecule has 0 aromatic rings. The highest BCUT2D eigenvalue weighted by atomic mass is 31.2. The van der Waals surface area contributed by atoms with Gasteiger partial charge < -0.3 is 9.90 Å². The molecule has 0 amide bonds. The Kier molecular flexibility index (Phi) is 29.9. The zero-order valence-corrected chi connectivity index (χ0v) is 24.6. The van der Waals surface area contributed by atoms with Crippen molar-refractivity contribution < 1.29 is 9.90 Å². The van der Waals surface area contributed by atoms with Crippen LogP contribution >= 0.6 is 7.26 Å². The van der Waals surface area contributed by atoms with Crippen molar-refractivity contribution in [2.24, 2.45) is 0 Å². The number of hydrogen-bond acceptors (Lipinski definition) is 2. The van der Waals surface area contributed by atoms with Gasteiger partial charge in [-0.1, -0.05) is 105 Å². The second-order valence-corrected chi connectivity index (χ2v) is 14.9. The number of carboxylic acid groups (broad SMARTS) is 1. The van der Waals surface area contributed by atoms with E-state index in [9.17, 15) is 0 Å². The monoisotopic (exact) mass is 486 g/mol. The molecule has 0 aliphatic heterocycles. The predicted octanol–water partition coefficient (Wildman–Crippen LogP) is 9.64. The number of hydrogen-bond donors (Lipinski definition) is 0. The summed E-state index contributed by atoms with van der Waals surface area (Å²) in [5.41, 5.74) is 0. The maximum atomic E-state index is 8.89. The first-order valence-corrected chi connectivity index (χ1v) is 17.5. The fourth-order valence-corrected chi connectivity index (χ4v) is 9.79. The van der Waals surface area contributed by atoms with Gasteiger partial charge in [0.15, 0.2) is 0 Å². The third-order valence-corrected chi connectivity index (χ3v) is 12.0. The van der Waals surface area contributed by atoms with Crippen LogP contribution < -0.4 is 5.11 Å². The largest absolute Gasteiger partial charge is 0.550 e. The third-order valence-electron chi connectivity index (χ3n) is 6.94. The van der Waals surface area contributed by atoms with E-state index >= 15 is 0 Å². The Morgan fingerprint density at radius 2 is 0.636 bits per heavy atom. The van der Waals surface area contributed by atoms with Crippen LogP contribution in [-0.2, 0) is 4.79 Å². The van der Waals surface area contributed by atoms with E-state index in [-0.39, 0.29) is 0 Å². The summed E-state index contributed by atoms with van der Waals surface area (Å²) in [7, 11) is -0.691. The Morgan fingerprint density at radius 1 is 0.455 bits per heavy atom. The topological polar surface area (TPSA) is 40.1 Å². The van der Waals surface area contributed by atoms with E-state index < -0.39 is 13.2 Å². The summed E-state index contributed by atoms with van der Waals surface area (Å²) in [6, 6.07) is 0. The molecule has 0 saturated carbocycles. The third kappa shape index (κ3) is 28.0. The van der Waals surface area contributed by atoms with Crippen LogP contribution in [0.1, 0.15) is 163 Å². The van der Waals surface area contributed by atoms with E-state index in [2.05, 4.69) is 27.7 Å². The molecular weight excluding hydrogens is 423 g/mol. The Balaban J connectivity index is 0. The molecule has 0 aliphatic carbocycles. The minimum Gasteiger partial charge on any atom is -0.550 e. The van der Waals surface area contributed by atoms with Crippen LogP contribution in [0.25, 0.3) is 0 Å². The molecule has 2 nitrogen and oxygen atoms in total. The average Bonchev–Trinajstić information content (AvgIpc) is 2.78. The summed E-state index contributed by atoms with van der Waals surface area (Å²) in [5.74, 6) is -1.08. The van der Waals surface area contributed by atoms with Crippen molar-refractivity contribution in [2.75, 3.05) is 24.6 Å². The molecule has 0 atom stereocenters. The fraction of sp³-hybridized carbons (Fsp3) is 0.967. The molecule has 0 spiro atoms. The summed E-state index contributed by atoms with van der Waals surface area (Å²) in [6.07, 6.45) is 36.1. The molecule has 33 heavy (non-hydrogen) atoms. The zero-order chi connectivity index (χ0) is 25.0. The highest BCUT2D eigenvalue weighted by Gasteiger charge is 2.34. The van der Waals surface area contributed by atoms with Gasteiger partial charge in [0.25, 0.3) is 0 Å². The van der Waals surface area contributed by atoms with Crippen molar-refractivity contribution in [3.8, 4) is 0 Å². The van der Waals surface area contributed by atoms with Crippen molar-refractivity contribution in [3.05, 3.63) is 0 Å². The first-order chi connectivity index (χ1) is 16.0. The number of carboxylic acids is 1. The van der Waals surface area contributed by atoms with Crippen LogP contribution in [0, 0.1) is 0 Å². The second-order valence-electron chi connectivity index (χ2n) is 10.4. The standard InChI is InChI=1S/C28H60P.C2H4O2/c1-5-9-13-17-21-25-29(26-22-18-14-10-6-2,27-23-19-15-11-7-3)28-24-20-16-12-8-4;1-2(3)4/h5-28H2,1-4H3;1H3,(H,3,4)/q+1;/p-1. The molecule has 0 saturated heterocycles. The Hall–Kier alpha value is -0.100. The first-order valence-electron chi connectivity index (χ1n) is 15.0. The summed E-state index contributed by atoms with van der Waals surface area (Å²) >= 11 is 0. The van der Waals surface area contributed by atoms with Crippen LogP contribution in [0.2, 0.25) is 0 Å². The molecule has 0 unspecified atom stereocenters. The molecule has 0 bridgehead atoms. The van der Waals surface area contributed by atoms with Gasteiger partial charge >= 0.3 is 0 Å². The van der Waals surface area contributed by atoms with Gasteiger partial charge in [-0.25, -0.2) is 0 Å². The van der Waals surface area contributed by atoms with E-state index in [1.165, 1.54) is 103 Å². The van der Waals surface area contributed by atoms with Crippen LogP contribution in [0.4, 0.5) is 0 Å². The van der Waals surface area contributed by atoms with E-state index in [1.807, 2.05) is 0 Å². The van der Waals surface area contributed by atoms with Crippen molar-refractivity contribution in [2.45, 2.75) is 163 Å². The van der Waals surface area contributed by atoms with Gasteiger partial charge in [-0.2, -0.15) is 0 Å². The molecule has 0 aromatic heterocycles. The highest BCUT2D eigenvalue weighted by Crippen LogP contribution is 2.61. The molecule has 0 radical (unpaired) electrons. The van der Waals surface area contributed by atoms with Crippen LogP contribution in [-0.4, -0.2) is 30.6 Å². The number of rotatable bonds is 24. The Labute approximate surface area is 210 Å². The lowest BCUT2D eigenvalue weighted by molar-refractivity contribution is -0.302. The highest BCUT2D eigenvalue weighted by molar-refractivity contribution is 7.75. The molecule has 0 rings (SSSR count). The summed E-state index contributed by atoms with van der Waals surface area (Å²) in [4.78, 5) is 8.89. The summed E-state index contributed by atoms with van der Waals surface area (Å²) in [5, 5.41) is 8.89. The van der Waals surface area contributed by atoms with Gasteiger partial charge in [0, 0.05) is 13.2 Å². The van der Waals surface area contributed by atoms with Gasteiger partial charge in [-0.15, -0.1) is 0 Å². The quantitative estimate of drug-likeness (QED) is 0.101. The van der Waals surface area contributed by atoms with Gasteiger partial charge in [0.05, 0.1) is 24.6 Å². The fourth-order valence-electron chi connectivity index (χ4n) is 4.87. The van der Waals surface area contributed by atoms with Crippen molar-refractivity contribution in [1.29, 1.82) is 0 Å². The maximum absolute atomic E-state index is 8.89. The predicted molar refractivity (Wildman–Crippen MR) is 152 cm³/mol. The molecule has 0 fully saturated rings. The molecule has 0 N–H and O–H groups in total. The minimum atomic E-state index is -1.08. The molecular formula is C30H63O2P. The zero-order valence-electron chi connectivity index (χ0n) is 23.7. The minimum absolute atomic E-state index is 0.691. The lowest BCUT2D eigenvalue weighted by Crippen LogP contribution is -2.16. The van der Waals surface area contributed by atoms with Crippen molar-refractivity contribution in [1.82, 2.24) is 0 Å². The first kappa shape index (κ1) is 35.1. The maximum Gasteiger partial charge on any atom is 0.0594 e. The number of aliphatic carboxylic acids is 1. The lowest BCUT2D eigenvalue weighted by Gasteiger charge is -2.28. The summed E-state index contributed by atoms with van der Waals surface area (Å²) in [6.45, 7) is 10.4. The normalized spacial score (nSPS) is 11.3. The van der Waals surface area contributed by atoms with Gasteiger partial charge in [-0.3, -0.25) is 0 Å². The van der Waals surface area contributed by atoms with E-state index in [0.717, 1.165) is 6.92 Å². The van der Waals surface area contributed by atoms with E-state index in [4.69, 9.17) is 9.90 Å². The molecule has 0 aliphatic rings. The number of carbonyl (C=O) groups is 1. The van der Waals surface area contributed by atoms with Gasteiger partial charge in [-0.05, 0) is 58.3 Å². The lowest BCUT2D eigenvalue weighted by atomic mass is 10.2. The van der Waals surface area contributed by atoms with Crippen LogP contribution in [0.5, 0.6) is 0 Å².